The Balaban J connectivity index is 1.78. The van der Waals surface area contributed by atoms with Crippen molar-refractivity contribution in [2.24, 2.45) is 0 Å². The van der Waals surface area contributed by atoms with Crippen LogP contribution in [0.15, 0.2) is 48.5 Å². The van der Waals surface area contributed by atoms with Gasteiger partial charge >= 0.3 is 0 Å². The topological polar surface area (TPSA) is 74.9 Å². The Kier molecular flexibility index (Phi) is 6.81. The molecular formula is C26H29FN2O4. The summed E-state index contributed by atoms with van der Waals surface area (Å²) in [5.74, 6) is -1.40. The Morgan fingerprint density at radius 3 is 2.24 bits per heavy atom. The summed E-state index contributed by atoms with van der Waals surface area (Å²) >= 11 is 0. The van der Waals surface area contributed by atoms with Crippen LogP contribution in [0, 0.1) is 5.82 Å². The number of aromatic hydroxyl groups is 2. The van der Waals surface area contributed by atoms with Crippen molar-refractivity contribution in [1.29, 1.82) is 0 Å². The largest absolute Gasteiger partial charge is 0.503 e. The van der Waals surface area contributed by atoms with Crippen LogP contribution in [0.25, 0.3) is 11.3 Å². The van der Waals surface area contributed by atoms with Gasteiger partial charge in [0, 0.05) is 31.7 Å². The number of rotatable bonds is 7. The number of morpholine rings is 1. The highest BCUT2D eigenvalue weighted by Crippen LogP contribution is 2.42. The molecule has 0 aliphatic carbocycles. The Labute approximate surface area is 192 Å². The lowest BCUT2D eigenvalue weighted by Gasteiger charge is -2.27. The number of ether oxygens (including phenoxy) is 1. The van der Waals surface area contributed by atoms with E-state index in [1.165, 1.54) is 24.3 Å². The van der Waals surface area contributed by atoms with E-state index in [0.29, 0.717) is 43.5 Å². The highest BCUT2D eigenvalue weighted by Gasteiger charge is 2.29. The van der Waals surface area contributed by atoms with Gasteiger partial charge in [-0.15, -0.1) is 0 Å². The lowest BCUT2D eigenvalue weighted by atomic mass is 9.96. The third-order valence-electron chi connectivity index (χ3n) is 6.14. The molecule has 1 aromatic heterocycles. The summed E-state index contributed by atoms with van der Waals surface area (Å²) in [6, 6.07) is 12.9. The second kappa shape index (κ2) is 9.77. The van der Waals surface area contributed by atoms with Crippen LogP contribution in [0.4, 0.5) is 4.39 Å². The summed E-state index contributed by atoms with van der Waals surface area (Å²) in [5.41, 5.74) is 2.55. The fourth-order valence-electron chi connectivity index (χ4n) is 4.16. The molecule has 0 unspecified atom stereocenters. The van der Waals surface area contributed by atoms with Crippen molar-refractivity contribution in [3.05, 3.63) is 71.0 Å². The van der Waals surface area contributed by atoms with Crippen LogP contribution in [0.3, 0.4) is 0 Å². The van der Waals surface area contributed by atoms with E-state index < -0.39 is 17.3 Å². The van der Waals surface area contributed by atoms with Gasteiger partial charge in [-0.3, -0.25) is 9.69 Å². The van der Waals surface area contributed by atoms with Crippen molar-refractivity contribution in [2.45, 2.75) is 26.3 Å². The highest BCUT2D eigenvalue weighted by molar-refractivity contribution is 6.15. The summed E-state index contributed by atoms with van der Waals surface area (Å²) in [6.07, 6.45) is 0. The SMILES string of the molecule is CC(C)c1ccc(-c2c(C(=O)c3ccc(F)cc3)c(O)c(O)n2CCN2CCOCC2)cc1. The van der Waals surface area contributed by atoms with Gasteiger partial charge in [-0.05, 0) is 41.3 Å². The first kappa shape index (κ1) is 23.0. The molecule has 1 saturated heterocycles. The van der Waals surface area contributed by atoms with Crippen LogP contribution in [0.1, 0.15) is 41.3 Å². The number of carbonyl (C=O) groups is 1. The molecule has 1 fully saturated rings. The maximum Gasteiger partial charge on any atom is 0.235 e. The van der Waals surface area contributed by atoms with Gasteiger partial charge in [0.2, 0.25) is 5.88 Å². The van der Waals surface area contributed by atoms with Crippen molar-refractivity contribution in [2.75, 3.05) is 32.8 Å². The summed E-state index contributed by atoms with van der Waals surface area (Å²) in [7, 11) is 0. The van der Waals surface area contributed by atoms with E-state index in [-0.39, 0.29) is 17.0 Å². The molecule has 0 radical (unpaired) electrons. The van der Waals surface area contributed by atoms with Crippen LogP contribution in [0.2, 0.25) is 0 Å². The van der Waals surface area contributed by atoms with Crippen molar-refractivity contribution < 1.29 is 24.1 Å². The zero-order valence-corrected chi connectivity index (χ0v) is 18.9. The first-order valence-corrected chi connectivity index (χ1v) is 11.2. The molecule has 1 aliphatic rings. The average Bonchev–Trinajstić information content (AvgIpc) is 3.08. The minimum atomic E-state index is -0.476. The van der Waals surface area contributed by atoms with Crippen molar-refractivity contribution in [1.82, 2.24) is 9.47 Å². The van der Waals surface area contributed by atoms with E-state index in [1.807, 2.05) is 24.3 Å². The van der Waals surface area contributed by atoms with Crippen LogP contribution in [-0.2, 0) is 11.3 Å². The van der Waals surface area contributed by atoms with Crippen molar-refractivity contribution >= 4 is 5.78 Å². The Bertz CT molecular complexity index is 1110. The lowest BCUT2D eigenvalue weighted by Crippen LogP contribution is -2.38. The van der Waals surface area contributed by atoms with Crippen LogP contribution in [-0.4, -0.2) is 58.3 Å². The molecule has 174 valence electrons. The molecule has 0 bridgehead atoms. The van der Waals surface area contributed by atoms with Gasteiger partial charge in [-0.25, -0.2) is 4.39 Å². The molecular weight excluding hydrogens is 423 g/mol. The minimum Gasteiger partial charge on any atom is -0.503 e. The Hall–Kier alpha value is -3.16. The second-order valence-electron chi connectivity index (χ2n) is 8.61. The fraction of sp³-hybridized carbons (Fsp3) is 0.346. The maximum atomic E-state index is 13.4. The fourth-order valence-corrected chi connectivity index (χ4v) is 4.16. The first-order valence-electron chi connectivity index (χ1n) is 11.2. The zero-order chi connectivity index (χ0) is 23.5. The molecule has 0 atom stereocenters. The smallest absolute Gasteiger partial charge is 0.235 e. The van der Waals surface area contributed by atoms with E-state index in [4.69, 9.17) is 4.74 Å². The normalized spacial score (nSPS) is 14.7. The number of halogens is 1. The number of ketones is 1. The number of nitrogens with zero attached hydrogens (tertiary/aromatic N) is 2. The molecule has 0 amide bonds. The summed E-state index contributed by atoms with van der Waals surface area (Å²) < 4.78 is 20.4. The van der Waals surface area contributed by atoms with E-state index in [1.54, 1.807) is 4.57 Å². The van der Waals surface area contributed by atoms with Gasteiger partial charge in [0.1, 0.15) is 5.82 Å². The molecule has 0 spiro atoms. The first-order chi connectivity index (χ1) is 15.9. The van der Waals surface area contributed by atoms with Crippen molar-refractivity contribution in [3.8, 4) is 22.9 Å². The van der Waals surface area contributed by atoms with E-state index in [0.717, 1.165) is 18.7 Å². The van der Waals surface area contributed by atoms with Gasteiger partial charge in [-0.2, -0.15) is 0 Å². The Morgan fingerprint density at radius 1 is 1.00 bits per heavy atom. The standard InChI is InChI=1S/C26H29FN2O4/c1-17(2)18-3-5-19(6-4-18)23-22(24(30)20-7-9-21(27)10-8-20)25(31)26(32)29(23)12-11-28-13-15-33-16-14-28/h3-10,17,31-32H,11-16H2,1-2H3. The summed E-state index contributed by atoms with van der Waals surface area (Å²) in [5, 5.41) is 21.7. The number of aromatic nitrogens is 1. The Morgan fingerprint density at radius 2 is 1.64 bits per heavy atom. The summed E-state index contributed by atoms with van der Waals surface area (Å²) in [6.45, 7) is 8.09. The quantitative estimate of drug-likeness (QED) is 0.520. The average molecular weight is 453 g/mol. The number of carbonyl (C=O) groups excluding carboxylic acids is 1. The molecule has 2 aromatic carbocycles. The molecule has 0 saturated carbocycles. The zero-order valence-electron chi connectivity index (χ0n) is 18.9. The molecule has 1 aliphatic heterocycles. The van der Waals surface area contributed by atoms with Gasteiger partial charge in [0.25, 0.3) is 0 Å². The van der Waals surface area contributed by atoms with Gasteiger partial charge in [0.05, 0.1) is 24.5 Å². The monoisotopic (exact) mass is 452 g/mol. The number of hydrogen-bond acceptors (Lipinski definition) is 5. The van der Waals surface area contributed by atoms with Crippen LogP contribution in [0.5, 0.6) is 11.6 Å². The van der Waals surface area contributed by atoms with Crippen LogP contribution >= 0.6 is 0 Å². The molecule has 33 heavy (non-hydrogen) atoms. The molecule has 3 aromatic rings. The molecule has 7 heteroatoms. The second-order valence-corrected chi connectivity index (χ2v) is 8.61. The number of benzene rings is 2. The van der Waals surface area contributed by atoms with Gasteiger partial charge < -0.3 is 19.5 Å². The number of hydrogen-bond donors (Lipinski definition) is 2. The predicted octanol–water partition coefficient (Wildman–Crippen LogP) is 4.39. The van der Waals surface area contributed by atoms with E-state index in [2.05, 4.69) is 18.7 Å². The van der Waals surface area contributed by atoms with E-state index in [9.17, 15) is 19.4 Å². The van der Waals surface area contributed by atoms with Crippen LogP contribution < -0.4 is 0 Å². The van der Waals surface area contributed by atoms with Gasteiger partial charge in [-0.1, -0.05) is 38.1 Å². The van der Waals surface area contributed by atoms with Crippen molar-refractivity contribution in [3.63, 3.8) is 0 Å². The maximum absolute atomic E-state index is 13.4. The molecule has 2 heterocycles. The lowest BCUT2D eigenvalue weighted by molar-refractivity contribution is 0.0362. The molecule has 6 nitrogen and oxygen atoms in total. The minimum absolute atomic E-state index is 0.0124. The van der Waals surface area contributed by atoms with Gasteiger partial charge in [0.15, 0.2) is 11.5 Å². The third kappa shape index (κ3) is 4.79. The third-order valence-corrected chi connectivity index (χ3v) is 6.14. The predicted molar refractivity (Wildman–Crippen MR) is 124 cm³/mol. The molecule has 4 rings (SSSR count). The summed E-state index contributed by atoms with van der Waals surface area (Å²) in [4.78, 5) is 15.6. The molecule has 2 N–H and O–H groups in total. The van der Waals surface area contributed by atoms with E-state index >= 15 is 0 Å². The highest BCUT2D eigenvalue weighted by atomic mass is 19.1.